The Kier molecular flexibility index (Phi) is 46.6. The molecule has 146 heavy (non-hydrogen) atoms. The van der Waals surface area contributed by atoms with Gasteiger partial charge in [-0.3, -0.25) is 79.3 Å². The molecule has 3 aliphatic rings. The number of unbranched alkanes of at least 4 members (excludes halogenated alkanes) is 4. The van der Waals surface area contributed by atoms with Gasteiger partial charge in [-0.2, -0.15) is 0 Å². The van der Waals surface area contributed by atoms with Crippen LogP contribution in [0.15, 0.2) is 122 Å². The van der Waals surface area contributed by atoms with Gasteiger partial charge in [0.05, 0.1) is 56.7 Å². The molecule has 2 fully saturated rings. The molecule has 9 rings (SSSR count). The van der Waals surface area contributed by atoms with Crippen LogP contribution in [0.2, 0.25) is 13.1 Å². The lowest BCUT2D eigenvalue weighted by molar-refractivity contribution is -0.142. The van der Waals surface area contributed by atoms with Crippen LogP contribution >= 0.6 is 0 Å². The molecule has 6 aromatic rings. The minimum atomic E-state index is -2.69. The van der Waals surface area contributed by atoms with Crippen molar-refractivity contribution in [1.82, 2.24) is 114 Å². The van der Waals surface area contributed by atoms with Gasteiger partial charge in [-0.15, -0.1) is 10.2 Å². The number of benzene rings is 4. The molecule has 11 amide bonds. The molecule has 0 radical (unpaired) electrons. The lowest BCUT2D eigenvalue weighted by Crippen LogP contribution is -2.58. The molecule has 2 aromatic heterocycles. The first-order valence-electron chi connectivity index (χ1n) is 51.2. The number of carbonyl (C=O) groups is 11. The van der Waals surface area contributed by atoms with Gasteiger partial charge < -0.3 is 114 Å². The highest BCUT2D eigenvalue weighted by Crippen LogP contribution is 2.56. The molecular formula is C102H156N32O11Si. The molecule has 0 aliphatic carbocycles. The number of amides is 11. The standard InChI is InChI=1S/C102H156N32O11Si/c1-64(2)53-74(121-94(141)79(122-90(137)66(5)103)39-25-49-117-101(109)110)61-131-51-27-41-82(131)96(143)124-77(37-23-47-115-99(105)106)92(139)113-45-19-11-17-43-84(135)119-57-75-62-132(129-127-75)59-68-29-21-35-72(55-68)88-86(70-31-13-9-14-32-70)87(71-33-15-10-16-34-71)89(146(88,7)8)73-36-22-30-69(56-73)60-133-63-76(128-130-133)58-120-85(136)44-18-12-20-46-114-93(140)78(38-24-48-116-100(107)108)125-97(144)83-42-28-52-134(83)98(145)81(54-65(3)4)126-95(142)80(123-91(138)67(6)104)40-26-50-118-102(111)112/h9-10,13-16,21-22,29-36,55-56,62-67,74,77-83H,11-12,17-20,23-28,37-54,57-61,103-104H2,1-8H3,(H,113,139)(H,114,140)(H,119,135)(H,120,136)(H,121,141)(H,122,137)(H,123,138)(H,124,143)(H,125,144)(H,126,142)(H4,105,106,115)(H4,107,108,116)(H4,109,110,117)(H4,111,112,118)/t66-,67-,74-,77-,78-,79-,80-,81-,82?,83?/m0/s1. The third-order valence-corrected chi connectivity index (χ3v) is 29.4. The number of aromatic nitrogens is 6. The molecule has 30 N–H and O–H groups in total. The van der Waals surface area contributed by atoms with E-state index in [1.807, 2.05) is 57.1 Å². The number of hydrogen-bond acceptors (Lipinski definition) is 22. The molecule has 2 unspecified atom stereocenters. The molecule has 0 bridgehead atoms. The van der Waals surface area contributed by atoms with Crippen molar-refractivity contribution in [2.75, 3.05) is 58.9 Å². The van der Waals surface area contributed by atoms with Crippen molar-refractivity contribution in [3.05, 3.63) is 166 Å². The third-order valence-electron chi connectivity index (χ3n) is 25.8. The van der Waals surface area contributed by atoms with Gasteiger partial charge in [0.15, 0.2) is 23.8 Å². The van der Waals surface area contributed by atoms with Crippen molar-refractivity contribution in [2.45, 2.75) is 282 Å². The normalized spacial score (nSPS) is 16.1. The molecule has 43 nitrogen and oxygen atoms in total. The Morgan fingerprint density at radius 3 is 1.19 bits per heavy atom. The van der Waals surface area contributed by atoms with Crippen LogP contribution in [0, 0.1) is 33.5 Å². The van der Waals surface area contributed by atoms with Gasteiger partial charge in [0, 0.05) is 71.2 Å². The lowest BCUT2D eigenvalue weighted by atomic mass is 9.89. The summed E-state index contributed by atoms with van der Waals surface area (Å²) < 4.78 is 3.54. The van der Waals surface area contributed by atoms with E-state index < -0.39 is 104 Å². The van der Waals surface area contributed by atoms with Gasteiger partial charge in [-0.05, 0) is 215 Å². The quantitative estimate of drug-likeness (QED) is 0.0113. The molecule has 3 aliphatic heterocycles. The second-order valence-corrected chi connectivity index (χ2v) is 43.7. The van der Waals surface area contributed by atoms with Gasteiger partial charge in [-0.25, -0.2) is 9.36 Å². The number of guanidine groups is 4. The fraction of sp³-hybridized carbons (Fsp3) is 0.539. The maximum atomic E-state index is 14.5. The molecule has 0 saturated carbocycles. The summed E-state index contributed by atoms with van der Waals surface area (Å²) in [7, 11) is -2.69. The Bertz CT molecular complexity index is 5450. The summed E-state index contributed by atoms with van der Waals surface area (Å²) in [5, 5.41) is 90.8. The van der Waals surface area contributed by atoms with E-state index in [-0.39, 0.29) is 150 Å². The topological polar surface area (TPSA) is 676 Å². The van der Waals surface area contributed by atoms with Crippen molar-refractivity contribution in [1.29, 1.82) is 21.6 Å². The summed E-state index contributed by atoms with van der Waals surface area (Å²) in [4.78, 5) is 154. The molecule has 4 aromatic carbocycles. The molecule has 44 heteroatoms. The Hall–Kier alpha value is -14.0. The number of nitrogens with two attached hydrogens (primary N) is 6. The van der Waals surface area contributed by atoms with Gasteiger partial charge in [0.25, 0.3) is 0 Å². The monoisotopic (exact) mass is 2030 g/mol. The van der Waals surface area contributed by atoms with Crippen LogP contribution in [0.25, 0.3) is 21.5 Å². The number of allylic oxidation sites excluding steroid dienone is 2. The molecule has 794 valence electrons. The van der Waals surface area contributed by atoms with Crippen LogP contribution in [-0.2, 0) is 78.9 Å². The summed E-state index contributed by atoms with van der Waals surface area (Å²) in [6.07, 6.45) is 12.8. The van der Waals surface area contributed by atoms with Crippen molar-refractivity contribution in [2.24, 2.45) is 46.2 Å². The fourth-order valence-corrected chi connectivity index (χ4v) is 22.5. The molecule has 5 heterocycles. The second kappa shape index (κ2) is 58.8. The first kappa shape index (κ1) is 116. The zero-order valence-electron chi connectivity index (χ0n) is 85.8. The van der Waals surface area contributed by atoms with E-state index in [1.54, 1.807) is 9.36 Å². The number of hydrogen-bond donors (Lipinski definition) is 24. The summed E-state index contributed by atoms with van der Waals surface area (Å²) in [5.74, 6) is -5.35. The van der Waals surface area contributed by atoms with Gasteiger partial charge in [0.2, 0.25) is 65.0 Å². The number of carbonyl (C=O) groups excluding carboxylic acids is 11. The number of nitrogens with one attached hydrogen (secondary N) is 18. The van der Waals surface area contributed by atoms with E-state index in [1.165, 1.54) is 34.7 Å². The van der Waals surface area contributed by atoms with E-state index in [2.05, 4.69) is 205 Å². The lowest BCUT2D eigenvalue weighted by Gasteiger charge is -2.31. The Morgan fingerprint density at radius 1 is 0.404 bits per heavy atom. The largest absolute Gasteiger partial charge is 0.370 e. The Balaban J connectivity index is 0.746. The second-order valence-electron chi connectivity index (χ2n) is 39.5. The van der Waals surface area contributed by atoms with Crippen molar-refractivity contribution in [3.8, 4) is 0 Å². The Morgan fingerprint density at radius 2 is 0.781 bits per heavy atom. The van der Waals surface area contributed by atoms with Gasteiger partial charge >= 0.3 is 0 Å². The highest BCUT2D eigenvalue weighted by Gasteiger charge is 2.46. The predicted octanol–water partition coefficient (Wildman–Crippen LogP) is 3.08. The van der Waals surface area contributed by atoms with Crippen LogP contribution < -0.4 is 109 Å². The highest BCUT2D eigenvalue weighted by molar-refractivity contribution is 7.13. The number of likely N-dealkylation sites (tertiary alicyclic amines) is 2. The van der Waals surface area contributed by atoms with E-state index in [9.17, 15) is 52.7 Å². The third kappa shape index (κ3) is 37.6. The van der Waals surface area contributed by atoms with Crippen LogP contribution in [-0.4, -0.2) is 256 Å². The van der Waals surface area contributed by atoms with E-state index in [4.69, 9.17) is 56.0 Å². The van der Waals surface area contributed by atoms with Crippen LogP contribution in [0.4, 0.5) is 0 Å². The maximum Gasteiger partial charge on any atom is 0.245 e. The van der Waals surface area contributed by atoms with E-state index in [0.717, 1.165) is 39.0 Å². The Labute approximate surface area is 856 Å². The number of nitrogens with zero attached hydrogens (tertiary/aromatic N) is 8. The number of rotatable bonds is 61. The summed E-state index contributed by atoms with van der Waals surface area (Å²) in [5.41, 5.74) is 43.6. The summed E-state index contributed by atoms with van der Waals surface area (Å²) in [6, 6.07) is 29.7. The smallest absolute Gasteiger partial charge is 0.245 e. The highest BCUT2D eigenvalue weighted by atomic mass is 28.3. The summed E-state index contributed by atoms with van der Waals surface area (Å²) in [6.45, 7) is 19.7. The average molecular weight is 2030 g/mol. The molecular weight excluding hydrogens is 1880 g/mol. The fourth-order valence-electron chi connectivity index (χ4n) is 18.7. The van der Waals surface area contributed by atoms with Gasteiger partial charge in [0.1, 0.15) is 55.7 Å². The average Bonchev–Trinajstić information content (AvgIpc) is 1.55. The molecule has 2 saturated heterocycles. The minimum absolute atomic E-state index is 0.0680. The van der Waals surface area contributed by atoms with E-state index in [0.29, 0.717) is 154 Å². The predicted molar refractivity (Wildman–Crippen MR) is 566 cm³/mol. The summed E-state index contributed by atoms with van der Waals surface area (Å²) >= 11 is 0. The van der Waals surface area contributed by atoms with Gasteiger partial charge in [-0.1, -0.05) is 161 Å². The molecule has 10 atom stereocenters. The zero-order chi connectivity index (χ0) is 106. The first-order chi connectivity index (χ1) is 69.8. The van der Waals surface area contributed by atoms with E-state index >= 15 is 0 Å². The van der Waals surface area contributed by atoms with Crippen LogP contribution in [0.5, 0.6) is 0 Å². The van der Waals surface area contributed by atoms with Crippen LogP contribution in [0.3, 0.4) is 0 Å². The van der Waals surface area contributed by atoms with Crippen LogP contribution in [0.1, 0.15) is 228 Å². The van der Waals surface area contributed by atoms with Crippen molar-refractivity contribution in [3.63, 3.8) is 0 Å². The maximum absolute atomic E-state index is 14.5. The SMILES string of the molecule is CC(C)C[C@@H](CN1CCCC1C(=O)N[C@@H](CCCNC(=N)N)C(=O)NCCCCCC(=O)NCc1cn(Cc2cccc(C3=C(c4ccccc4)C(c4ccccc4)=C(c4cccc(Cn5cc(CNC(=O)CCCCCNC(=O)[C@H](CCCNC(=N)N)NC(=O)C6CCCN6C(=O)[C@H](CC(C)C)NC(=O)[C@H](CCCNC(=N)N)NC(=O)[C@H](C)N)nn5)c4)[Si]3(C)C)c2)nn1)NC(=O)[C@H](CCCNC(=N)N)NC(=O)[C@H](C)N. The van der Waals surface area contributed by atoms with Crippen molar-refractivity contribution < 1.29 is 52.7 Å². The van der Waals surface area contributed by atoms with Crippen molar-refractivity contribution >= 4 is 118 Å². The first-order valence-corrected chi connectivity index (χ1v) is 54.2. The minimum Gasteiger partial charge on any atom is -0.370 e. The zero-order valence-corrected chi connectivity index (χ0v) is 86.8. The molecule has 0 spiro atoms.